The smallest absolute Gasteiger partial charge is 0.208 e. The number of hydrogen-bond acceptors (Lipinski definition) is 2. The Kier molecular flexibility index (Phi) is 5.47. The molecule has 88 valence electrons. The van der Waals surface area contributed by atoms with E-state index in [1.165, 1.54) is 19.3 Å². The van der Waals surface area contributed by atoms with Crippen molar-refractivity contribution in [2.24, 2.45) is 16.8 Å². The Morgan fingerprint density at radius 2 is 2.27 bits per heavy atom. The van der Waals surface area contributed by atoms with Crippen LogP contribution in [0.4, 0.5) is 0 Å². The van der Waals surface area contributed by atoms with Gasteiger partial charge in [-0.05, 0) is 25.2 Å². The molecule has 4 nitrogen and oxygen atoms in total. The first-order valence-corrected chi connectivity index (χ1v) is 6.07. The Labute approximate surface area is 92.9 Å². The molecule has 0 saturated carbocycles. The molecule has 1 unspecified atom stereocenters. The summed E-state index contributed by atoms with van der Waals surface area (Å²) in [7, 11) is 0. The second kappa shape index (κ2) is 6.67. The molecule has 1 aliphatic rings. The molecule has 1 atom stereocenters. The Morgan fingerprint density at radius 3 is 2.87 bits per heavy atom. The topological polar surface area (TPSA) is 53.6 Å². The van der Waals surface area contributed by atoms with Crippen molar-refractivity contribution >= 4 is 5.96 Å². The summed E-state index contributed by atoms with van der Waals surface area (Å²) in [4.78, 5) is 6.72. The van der Waals surface area contributed by atoms with Gasteiger partial charge in [-0.2, -0.15) is 0 Å². The molecule has 1 saturated heterocycles. The van der Waals surface area contributed by atoms with E-state index in [1.54, 1.807) is 0 Å². The fourth-order valence-electron chi connectivity index (χ4n) is 2.12. The van der Waals surface area contributed by atoms with Crippen molar-refractivity contribution in [2.45, 2.75) is 39.5 Å². The Bertz CT molecular complexity index is 203. The zero-order valence-electron chi connectivity index (χ0n) is 10.00. The van der Waals surface area contributed by atoms with Crippen LogP contribution in [0, 0.1) is 5.92 Å². The monoisotopic (exact) mass is 212 g/mol. The van der Waals surface area contributed by atoms with Gasteiger partial charge in [-0.1, -0.05) is 20.3 Å². The first-order chi connectivity index (χ1) is 7.31. The molecule has 3 N–H and O–H groups in total. The minimum atomic E-state index is 0.829. The SMILES string of the molecule is CCCN=C(NN)N1CCC(CCC)C1. The molecule has 0 amide bonds. The second-order valence-corrected chi connectivity index (χ2v) is 4.24. The van der Waals surface area contributed by atoms with Gasteiger partial charge in [0, 0.05) is 19.6 Å². The summed E-state index contributed by atoms with van der Waals surface area (Å²) >= 11 is 0. The van der Waals surface area contributed by atoms with Crippen LogP contribution in [0.15, 0.2) is 4.99 Å². The highest BCUT2D eigenvalue weighted by atomic mass is 15.4. The maximum Gasteiger partial charge on any atom is 0.208 e. The number of nitrogens with zero attached hydrogens (tertiary/aromatic N) is 2. The molecule has 0 aromatic carbocycles. The van der Waals surface area contributed by atoms with E-state index >= 15 is 0 Å². The van der Waals surface area contributed by atoms with Gasteiger partial charge in [0.1, 0.15) is 0 Å². The normalized spacial score (nSPS) is 22.2. The van der Waals surface area contributed by atoms with E-state index < -0.39 is 0 Å². The van der Waals surface area contributed by atoms with Crippen molar-refractivity contribution in [3.8, 4) is 0 Å². The molecule has 1 fully saturated rings. The maximum atomic E-state index is 5.49. The van der Waals surface area contributed by atoms with E-state index in [1.807, 2.05) is 0 Å². The Morgan fingerprint density at radius 1 is 1.47 bits per heavy atom. The van der Waals surface area contributed by atoms with E-state index in [9.17, 15) is 0 Å². The van der Waals surface area contributed by atoms with Crippen molar-refractivity contribution in [3.05, 3.63) is 0 Å². The first kappa shape index (κ1) is 12.3. The minimum absolute atomic E-state index is 0.829. The van der Waals surface area contributed by atoms with Gasteiger partial charge in [-0.3, -0.25) is 10.4 Å². The summed E-state index contributed by atoms with van der Waals surface area (Å²) in [6.07, 6.45) is 4.94. The van der Waals surface area contributed by atoms with E-state index in [0.717, 1.165) is 37.9 Å². The van der Waals surface area contributed by atoms with Crippen molar-refractivity contribution in [1.29, 1.82) is 0 Å². The number of hydrazine groups is 1. The van der Waals surface area contributed by atoms with Gasteiger partial charge in [0.25, 0.3) is 0 Å². The van der Waals surface area contributed by atoms with Crippen LogP contribution in [0.2, 0.25) is 0 Å². The fraction of sp³-hybridized carbons (Fsp3) is 0.909. The van der Waals surface area contributed by atoms with Crippen molar-refractivity contribution in [1.82, 2.24) is 10.3 Å². The van der Waals surface area contributed by atoms with Crippen LogP contribution >= 0.6 is 0 Å². The molecule has 1 rings (SSSR count). The summed E-state index contributed by atoms with van der Waals surface area (Å²) in [5, 5.41) is 0. The molecule has 0 aromatic heterocycles. The lowest BCUT2D eigenvalue weighted by Crippen LogP contribution is -2.43. The van der Waals surface area contributed by atoms with E-state index in [4.69, 9.17) is 5.84 Å². The van der Waals surface area contributed by atoms with Gasteiger partial charge in [-0.25, -0.2) is 5.84 Å². The lowest BCUT2D eigenvalue weighted by atomic mass is 10.0. The van der Waals surface area contributed by atoms with Gasteiger partial charge < -0.3 is 4.90 Å². The predicted molar refractivity (Wildman–Crippen MR) is 64.5 cm³/mol. The summed E-state index contributed by atoms with van der Waals surface area (Å²) in [5.41, 5.74) is 2.72. The molecule has 1 aliphatic heterocycles. The highest BCUT2D eigenvalue weighted by Gasteiger charge is 2.23. The largest absolute Gasteiger partial charge is 0.342 e. The number of aliphatic imine (C=N–C) groups is 1. The van der Waals surface area contributed by atoms with Crippen LogP contribution in [-0.4, -0.2) is 30.5 Å². The van der Waals surface area contributed by atoms with Gasteiger partial charge in [0.2, 0.25) is 5.96 Å². The van der Waals surface area contributed by atoms with Crippen LogP contribution < -0.4 is 11.3 Å². The summed E-state index contributed by atoms with van der Waals surface area (Å²) in [5.74, 6) is 7.19. The summed E-state index contributed by atoms with van der Waals surface area (Å²) in [6, 6.07) is 0. The quantitative estimate of drug-likeness (QED) is 0.320. The zero-order chi connectivity index (χ0) is 11.1. The van der Waals surface area contributed by atoms with Crippen molar-refractivity contribution < 1.29 is 0 Å². The minimum Gasteiger partial charge on any atom is -0.342 e. The number of likely N-dealkylation sites (tertiary alicyclic amines) is 1. The molecular formula is C11H24N4. The molecule has 0 spiro atoms. The molecule has 4 heteroatoms. The van der Waals surface area contributed by atoms with Crippen LogP contribution in [0.1, 0.15) is 39.5 Å². The van der Waals surface area contributed by atoms with Crippen LogP contribution in [0.25, 0.3) is 0 Å². The standard InChI is InChI=1S/C11H24N4/c1-3-5-10-6-8-15(9-10)11(14-12)13-7-4-2/h10H,3-9,12H2,1-2H3,(H,13,14). The third-order valence-corrected chi connectivity index (χ3v) is 2.90. The van der Waals surface area contributed by atoms with Crippen LogP contribution in [0.3, 0.4) is 0 Å². The van der Waals surface area contributed by atoms with Crippen molar-refractivity contribution in [3.63, 3.8) is 0 Å². The highest BCUT2D eigenvalue weighted by Crippen LogP contribution is 2.20. The summed E-state index contributed by atoms with van der Waals surface area (Å²) < 4.78 is 0. The van der Waals surface area contributed by atoms with E-state index in [0.29, 0.717) is 0 Å². The van der Waals surface area contributed by atoms with Gasteiger partial charge >= 0.3 is 0 Å². The number of nitrogens with two attached hydrogens (primary N) is 1. The van der Waals surface area contributed by atoms with Crippen LogP contribution in [-0.2, 0) is 0 Å². The average molecular weight is 212 g/mol. The molecular weight excluding hydrogens is 188 g/mol. The van der Waals surface area contributed by atoms with Crippen LogP contribution in [0.5, 0.6) is 0 Å². The predicted octanol–water partition coefficient (Wildman–Crippen LogP) is 1.34. The van der Waals surface area contributed by atoms with Gasteiger partial charge in [0.15, 0.2) is 0 Å². The maximum absolute atomic E-state index is 5.49. The third kappa shape index (κ3) is 3.70. The molecule has 0 radical (unpaired) electrons. The average Bonchev–Trinajstić information content (AvgIpc) is 2.68. The second-order valence-electron chi connectivity index (χ2n) is 4.24. The lowest BCUT2D eigenvalue weighted by Gasteiger charge is -2.20. The fourth-order valence-corrected chi connectivity index (χ4v) is 2.12. The zero-order valence-corrected chi connectivity index (χ0v) is 10.00. The van der Waals surface area contributed by atoms with E-state index in [-0.39, 0.29) is 0 Å². The lowest BCUT2D eigenvalue weighted by molar-refractivity contribution is 0.444. The Hall–Kier alpha value is -0.770. The third-order valence-electron chi connectivity index (χ3n) is 2.90. The Balaban J connectivity index is 2.42. The number of hydrogen-bond donors (Lipinski definition) is 2. The molecule has 0 aromatic rings. The van der Waals surface area contributed by atoms with Gasteiger partial charge in [0.05, 0.1) is 0 Å². The molecule has 15 heavy (non-hydrogen) atoms. The number of nitrogens with one attached hydrogen (secondary N) is 1. The molecule has 0 bridgehead atoms. The summed E-state index contributed by atoms with van der Waals surface area (Å²) in [6.45, 7) is 7.43. The van der Waals surface area contributed by atoms with Crippen molar-refractivity contribution in [2.75, 3.05) is 19.6 Å². The van der Waals surface area contributed by atoms with Gasteiger partial charge in [-0.15, -0.1) is 0 Å². The number of guanidine groups is 1. The highest BCUT2D eigenvalue weighted by molar-refractivity contribution is 5.79. The van der Waals surface area contributed by atoms with E-state index in [2.05, 4.69) is 29.2 Å². The molecule has 0 aliphatic carbocycles. The molecule has 1 heterocycles. The number of rotatable bonds is 4. The first-order valence-electron chi connectivity index (χ1n) is 6.07.